The highest BCUT2D eigenvalue weighted by molar-refractivity contribution is 7.64. The molecule has 0 fully saturated rings. The Labute approximate surface area is 269 Å². The zero-order chi connectivity index (χ0) is 30.9. The lowest BCUT2D eigenvalue weighted by Crippen LogP contribution is -2.09. The Kier molecular flexibility index (Phi) is 8.10. The third-order valence-corrected chi connectivity index (χ3v) is 10.7. The standard InChI is InChI=1S/C44H39P/c1-5-6-14-31-29-32(22-21-30(31)2)33-23-24-39(35-17-11-10-16-34(33)35)40-25-26-41(37-19-13-12-18-36(37)40)42-27-28-44(45(3)4)43-20-9-7-8-15-38(42)43/h5-6,9-14,16-29H,1,7-8,15H2,2-4H3/b14-6-. The molecule has 0 radical (unpaired) electrons. The van der Waals surface area contributed by atoms with E-state index in [4.69, 9.17) is 0 Å². The summed E-state index contributed by atoms with van der Waals surface area (Å²) < 4.78 is 0. The average molecular weight is 599 g/mol. The molecule has 0 aromatic heterocycles. The fraction of sp³-hybridized carbons (Fsp3) is 0.136. The molecule has 0 saturated heterocycles. The van der Waals surface area contributed by atoms with Crippen LogP contribution in [0.25, 0.3) is 67.1 Å². The van der Waals surface area contributed by atoms with Crippen LogP contribution in [-0.2, 0) is 6.42 Å². The van der Waals surface area contributed by atoms with E-state index in [1.165, 1.54) is 88.9 Å². The largest absolute Gasteiger partial charge is 0.0991 e. The van der Waals surface area contributed by atoms with Crippen LogP contribution in [0.2, 0.25) is 0 Å². The van der Waals surface area contributed by atoms with Crippen molar-refractivity contribution in [3.8, 4) is 33.4 Å². The average Bonchev–Trinajstić information content (AvgIpc) is 3.33. The predicted molar refractivity (Wildman–Crippen MR) is 202 cm³/mol. The minimum absolute atomic E-state index is 0.175. The molecule has 0 bridgehead atoms. The van der Waals surface area contributed by atoms with Crippen molar-refractivity contribution in [2.75, 3.05) is 13.3 Å². The second-order valence-corrected chi connectivity index (χ2v) is 14.6. The van der Waals surface area contributed by atoms with Gasteiger partial charge in [-0.1, -0.05) is 142 Å². The summed E-state index contributed by atoms with van der Waals surface area (Å²) in [5.41, 5.74) is 13.2. The Bertz CT molecular complexity index is 2140. The highest BCUT2D eigenvalue weighted by Gasteiger charge is 2.19. The minimum atomic E-state index is -0.175. The van der Waals surface area contributed by atoms with Crippen LogP contribution in [0.4, 0.5) is 0 Å². The van der Waals surface area contributed by atoms with Gasteiger partial charge >= 0.3 is 0 Å². The molecule has 0 aliphatic heterocycles. The van der Waals surface area contributed by atoms with Gasteiger partial charge in [0.25, 0.3) is 0 Å². The number of benzene rings is 6. The van der Waals surface area contributed by atoms with E-state index in [0.717, 1.165) is 12.8 Å². The first kappa shape index (κ1) is 29.2. The summed E-state index contributed by atoms with van der Waals surface area (Å²) in [6, 6.07) is 38.8. The topological polar surface area (TPSA) is 0 Å². The number of hydrogen-bond acceptors (Lipinski definition) is 0. The fourth-order valence-corrected chi connectivity index (χ4v) is 8.13. The Balaban J connectivity index is 1.41. The Hall–Kier alpha value is -4.51. The maximum atomic E-state index is 3.85. The number of rotatable bonds is 6. The molecule has 1 aliphatic carbocycles. The van der Waals surface area contributed by atoms with Crippen molar-refractivity contribution in [1.29, 1.82) is 0 Å². The molecule has 0 saturated carbocycles. The SMILES string of the molecule is C=C/C=C\c1cc(-c2ccc(-c3ccc(-c4ccc(P(C)C)c5c4CCCC=C5)c4ccccc34)c3ccccc23)ccc1C. The summed E-state index contributed by atoms with van der Waals surface area (Å²) in [7, 11) is -0.175. The molecule has 0 N–H and O–H groups in total. The predicted octanol–water partition coefficient (Wildman–Crippen LogP) is 12.2. The third-order valence-electron chi connectivity index (χ3n) is 9.33. The van der Waals surface area contributed by atoms with Crippen molar-refractivity contribution in [1.82, 2.24) is 0 Å². The van der Waals surface area contributed by atoms with Gasteiger partial charge in [0, 0.05) is 0 Å². The van der Waals surface area contributed by atoms with Crippen LogP contribution in [0.1, 0.15) is 35.1 Å². The van der Waals surface area contributed by atoms with Gasteiger partial charge in [-0.2, -0.15) is 0 Å². The van der Waals surface area contributed by atoms with E-state index in [9.17, 15) is 0 Å². The molecular weight excluding hydrogens is 559 g/mol. The lowest BCUT2D eigenvalue weighted by Gasteiger charge is -2.20. The lowest BCUT2D eigenvalue weighted by atomic mass is 9.86. The molecule has 0 heterocycles. The van der Waals surface area contributed by atoms with Gasteiger partial charge in [-0.15, -0.1) is 0 Å². The van der Waals surface area contributed by atoms with E-state index in [1.807, 2.05) is 12.2 Å². The molecule has 0 nitrogen and oxygen atoms in total. The smallest absolute Gasteiger partial charge is 0.00987 e. The molecule has 0 unspecified atom stereocenters. The Morgan fingerprint density at radius 1 is 0.667 bits per heavy atom. The van der Waals surface area contributed by atoms with Crippen molar-refractivity contribution in [3.05, 3.63) is 150 Å². The normalized spacial score (nSPS) is 13.1. The summed E-state index contributed by atoms with van der Waals surface area (Å²) in [6.45, 7) is 10.8. The first-order valence-electron chi connectivity index (χ1n) is 16.0. The lowest BCUT2D eigenvalue weighted by molar-refractivity contribution is 0.853. The van der Waals surface area contributed by atoms with Gasteiger partial charge in [-0.05, 0) is 128 Å². The van der Waals surface area contributed by atoms with Crippen molar-refractivity contribution in [2.24, 2.45) is 0 Å². The zero-order valence-corrected chi connectivity index (χ0v) is 27.4. The molecule has 45 heavy (non-hydrogen) atoms. The molecule has 6 aromatic carbocycles. The van der Waals surface area contributed by atoms with E-state index in [-0.39, 0.29) is 7.92 Å². The van der Waals surface area contributed by atoms with Crippen LogP contribution in [0.5, 0.6) is 0 Å². The van der Waals surface area contributed by atoms with Crippen LogP contribution in [-0.4, -0.2) is 13.3 Å². The zero-order valence-electron chi connectivity index (χ0n) is 26.5. The van der Waals surface area contributed by atoms with Crippen LogP contribution in [0.3, 0.4) is 0 Å². The van der Waals surface area contributed by atoms with Crippen molar-refractivity contribution in [2.45, 2.75) is 26.2 Å². The van der Waals surface area contributed by atoms with E-state index < -0.39 is 0 Å². The van der Waals surface area contributed by atoms with Gasteiger partial charge in [-0.25, -0.2) is 0 Å². The monoisotopic (exact) mass is 598 g/mol. The molecule has 1 aliphatic rings. The highest BCUT2D eigenvalue weighted by Crippen LogP contribution is 2.43. The number of fused-ring (bicyclic) bond motifs is 3. The van der Waals surface area contributed by atoms with Gasteiger partial charge < -0.3 is 0 Å². The molecule has 0 spiro atoms. The van der Waals surface area contributed by atoms with E-state index >= 15 is 0 Å². The van der Waals surface area contributed by atoms with Crippen molar-refractivity contribution in [3.63, 3.8) is 0 Å². The molecule has 1 heteroatoms. The Morgan fingerprint density at radius 2 is 1.24 bits per heavy atom. The molecule has 7 rings (SSSR count). The van der Waals surface area contributed by atoms with E-state index in [0.29, 0.717) is 0 Å². The van der Waals surface area contributed by atoms with Crippen LogP contribution < -0.4 is 5.30 Å². The van der Waals surface area contributed by atoms with Gasteiger partial charge in [-0.3, -0.25) is 0 Å². The fourth-order valence-electron chi connectivity index (χ4n) is 7.06. The Morgan fingerprint density at radius 3 is 1.87 bits per heavy atom. The van der Waals surface area contributed by atoms with E-state index in [1.54, 1.807) is 0 Å². The molecular formula is C44H39P. The van der Waals surface area contributed by atoms with Gasteiger partial charge in [0.1, 0.15) is 0 Å². The maximum Gasteiger partial charge on any atom is -0.00987 e. The van der Waals surface area contributed by atoms with Crippen molar-refractivity contribution < 1.29 is 0 Å². The molecule has 220 valence electrons. The van der Waals surface area contributed by atoms with Gasteiger partial charge in [0.05, 0.1) is 0 Å². The summed E-state index contributed by atoms with van der Waals surface area (Å²) in [4.78, 5) is 0. The molecule has 6 aromatic rings. The van der Waals surface area contributed by atoms with Crippen molar-refractivity contribution >= 4 is 46.9 Å². The quantitative estimate of drug-likeness (QED) is 0.132. The summed E-state index contributed by atoms with van der Waals surface area (Å²) in [5, 5.41) is 6.69. The third kappa shape index (κ3) is 5.39. The summed E-state index contributed by atoms with van der Waals surface area (Å²) >= 11 is 0. The second-order valence-electron chi connectivity index (χ2n) is 12.3. The first-order valence-corrected chi connectivity index (χ1v) is 18.2. The van der Waals surface area contributed by atoms with Gasteiger partial charge in [0.2, 0.25) is 0 Å². The number of hydrogen-bond donors (Lipinski definition) is 0. The summed E-state index contributed by atoms with van der Waals surface area (Å²) in [6.07, 6.45) is 14.2. The summed E-state index contributed by atoms with van der Waals surface area (Å²) in [5.74, 6) is 0. The first-order chi connectivity index (χ1) is 22.0. The number of aryl methyl sites for hydroxylation is 1. The highest BCUT2D eigenvalue weighted by atomic mass is 31.1. The van der Waals surface area contributed by atoms with Crippen LogP contribution in [0, 0.1) is 6.92 Å². The second kappa shape index (κ2) is 12.5. The van der Waals surface area contributed by atoms with Crippen LogP contribution >= 0.6 is 7.92 Å². The molecule has 0 amide bonds. The van der Waals surface area contributed by atoms with Gasteiger partial charge in [0.15, 0.2) is 0 Å². The number of allylic oxidation sites excluding steroid dienone is 3. The van der Waals surface area contributed by atoms with E-state index in [2.05, 4.69) is 148 Å². The molecule has 0 atom stereocenters. The maximum absolute atomic E-state index is 3.85. The van der Waals surface area contributed by atoms with Crippen LogP contribution in [0.15, 0.2) is 128 Å². The minimum Gasteiger partial charge on any atom is -0.0991 e.